The summed E-state index contributed by atoms with van der Waals surface area (Å²) in [5.41, 5.74) is 1.08. The van der Waals surface area contributed by atoms with Crippen molar-refractivity contribution >= 4 is 5.82 Å². The van der Waals surface area contributed by atoms with Crippen LogP contribution in [0.1, 0.15) is 24.5 Å². The highest BCUT2D eigenvalue weighted by Crippen LogP contribution is 2.39. The lowest BCUT2D eigenvalue weighted by atomic mass is 10.2. The van der Waals surface area contributed by atoms with Crippen LogP contribution in [-0.4, -0.2) is 42.4 Å². The van der Waals surface area contributed by atoms with Gasteiger partial charge in [0.1, 0.15) is 18.3 Å². The van der Waals surface area contributed by atoms with Gasteiger partial charge in [-0.05, 0) is 12.8 Å². The highest BCUT2D eigenvalue weighted by Gasteiger charge is 2.33. The Bertz CT molecular complexity index is 410. The summed E-state index contributed by atoms with van der Waals surface area (Å²) in [6, 6.07) is 1.75. The summed E-state index contributed by atoms with van der Waals surface area (Å²) in [7, 11) is 1.87. The molecule has 0 aromatic carbocycles. The summed E-state index contributed by atoms with van der Waals surface area (Å²) in [5, 5.41) is 0. The number of alkyl halides is 1. The van der Waals surface area contributed by atoms with Crippen molar-refractivity contribution in [2.45, 2.75) is 31.0 Å². The van der Waals surface area contributed by atoms with E-state index in [9.17, 15) is 4.39 Å². The van der Waals surface area contributed by atoms with E-state index in [1.807, 2.05) is 18.0 Å². The maximum Gasteiger partial charge on any atom is 0.146 e. The van der Waals surface area contributed by atoms with E-state index in [4.69, 9.17) is 4.74 Å². The van der Waals surface area contributed by atoms with Crippen LogP contribution in [0.15, 0.2) is 12.4 Å². The number of hydrogen-bond donors (Lipinski definition) is 0. The highest BCUT2D eigenvalue weighted by atomic mass is 19.1. The summed E-state index contributed by atoms with van der Waals surface area (Å²) in [4.78, 5) is 10.4. The maximum absolute atomic E-state index is 13.6. The number of rotatable bonds is 3. The summed E-state index contributed by atoms with van der Waals surface area (Å²) in [6.07, 6.45) is 3.05. The molecular formula is C12H16FN3O. The molecule has 1 aromatic rings. The van der Waals surface area contributed by atoms with E-state index < -0.39 is 6.17 Å². The standard InChI is InChI=1S/C12H16FN3O/c1-16(11-6-17-5-9(11)13)12-4-10(8-2-3-8)14-7-15-12/h4,7-9,11H,2-3,5-6H2,1H3. The molecule has 0 radical (unpaired) electrons. The summed E-state index contributed by atoms with van der Waals surface area (Å²) in [6.45, 7) is 0.621. The average Bonchev–Trinajstić information content (AvgIpc) is 3.12. The van der Waals surface area contributed by atoms with E-state index in [0.29, 0.717) is 12.5 Å². The van der Waals surface area contributed by atoms with Crippen LogP contribution >= 0.6 is 0 Å². The lowest BCUT2D eigenvalue weighted by molar-refractivity contribution is 0.173. The van der Waals surface area contributed by atoms with E-state index in [-0.39, 0.29) is 12.6 Å². The third-order valence-electron chi connectivity index (χ3n) is 3.51. The van der Waals surface area contributed by atoms with Gasteiger partial charge in [-0.3, -0.25) is 0 Å². The van der Waals surface area contributed by atoms with Gasteiger partial charge in [0.25, 0.3) is 0 Å². The second-order valence-electron chi connectivity index (χ2n) is 4.81. The van der Waals surface area contributed by atoms with E-state index >= 15 is 0 Å². The van der Waals surface area contributed by atoms with Crippen molar-refractivity contribution in [3.8, 4) is 0 Å². The van der Waals surface area contributed by atoms with Crippen LogP contribution in [-0.2, 0) is 4.74 Å². The van der Waals surface area contributed by atoms with Crippen LogP contribution < -0.4 is 4.90 Å². The molecule has 0 amide bonds. The molecule has 92 valence electrons. The molecule has 2 unspecified atom stereocenters. The van der Waals surface area contributed by atoms with E-state index in [1.165, 1.54) is 12.8 Å². The third kappa shape index (κ3) is 2.11. The second-order valence-corrected chi connectivity index (χ2v) is 4.81. The predicted molar refractivity (Wildman–Crippen MR) is 61.9 cm³/mol. The molecule has 2 aliphatic rings. The maximum atomic E-state index is 13.6. The largest absolute Gasteiger partial charge is 0.376 e. The molecule has 4 nitrogen and oxygen atoms in total. The van der Waals surface area contributed by atoms with Crippen LogP contribution in [0.5, 0.6) is 0 Å². The smallest absolute Gasteiger partial charge is 0.146 e. The van der Waals surface area contributed by atoms with Crippen LogP contribution in [0, 0.1) is 0 Å². The van der Waals surface area contributed by atoms with E-state index in [1.54, 1.807) is 6.33 Å². The molecule has 1 saturated heterocycles. The Hall–Kier alpha value is -1.23. The third-order valence-corrected chi connectivity index (χ3v) is 3.51. The van der Waals surface area contributed by atoms with Gasteiger partial charge in [0, 0.05) is 24.7 Å². The van der Waals surface area contributed by atoms with E-state index in [2.05, 4.69) is 9.97 Å². The van der Waals surface area contributed by atoms with Crippen molar-refractivity contribution in [2.75, 3.05) is 25.2 Å². The molecule has 1 aromatic heterocycles. The Balaban J connectivity index is 1.80. The molecule has 5 heteroatoms. The van der Waals surface area contributed by atoms with Crippen molar-refractivity contribution in [1.29, 1.82) is 0 Å². The summed E-state index contributed by atoms with van der Waals surface area (Å²) >= 11 is 0. The Morgan fingerprint density at radius 3 is 2.82 bits per heavy atom. The minimum atomic E-state index is -0.931. The van der Waals surface area contributed by atoms with Gasteiger partial charge in [-0.2, -0.15) is 0 Å². The number of anilines is 1. The SMILES string of the molecule is CN(c1cc(C2CC2)ncn1)C1COCC1F. The zero-order chi connectivity index (χ0) is 11.8. The highest BCUT2D eigenvalue weighted by molar-refractivity contribution is 5.41. The number of ether oxygens (including phenoxy) is 1. The number of halogens is 1. The van der Waals surface area contributed by atoms with Crippen LogP contribution in [0.3, 0.4) is 0 Å². The van der Waals surface area contributed by atoms with Gasteiger partial charge in [-0.1, -0.05) is 0 Å². The van der Waals surface area contributed by atoms with Crippen molar-refractivity contribution in [3.05, 3.63) is 18.1 Å². The van der Waals surface area contributed by atoms with Gasteiger partial charge in [0.15, 0.2) is 0 Å². The first-order valence-corrected chi connectivity index (χ1v) is 6.02. The van der Waals surface area contributed by atoms with Gasteiger partial charge in [0.2, 0.25) is 0 Å². The summed E-state index contributed by atoms with van der Waals surface area (Å²) < 4.78 is 18.7. The van der Waals surface area contributed by atoms with Crippen molar-refractivity contribution in [2.24, 2.45) is 0 Å². The first kappa shape index (κ1) is 10.9. The monoisotopic (exact) mass is 237 g/mol. The summed E-state index contributed by atoms with van der Waals surface area (Å²) in [5.74, 6) is 1.38. The van der Waals surface area contributed by atoms with Gasteiger partial charge in [0.05, 0.1) is 19.3 Å². The van der Waals surface area contributed by atoms with Crippen LogP contribution in [0.25, 0.3) is 0 Å². The fourth-order valence-corrected chi connectivity index (χ4v) is 2.20. The normalized spacial score (nSPS) is 28.4. The Labute approximate surface area is 99.8 Å². The zero-order valence-electron chi connectivity index (χ0n) is 9.84. The van der Waals surface area contributed by atoms with Gasteiger partial charge in [-0.25, -0.2) is 14.4 Å². The van der Waals surface area contributed by atoms with Gasteiger partial charge < -0.3 is 9.64 Å². The van der Waals surface area contributed by atoms with Crippen molar-refractivity contribution in [1.82, 2.24) is 9.97 Å². The van der Waals surface area contributed by atoms with Gasteiger partial charge >= 0.3 is 0 Å². The predicted octanol–water partition coefficient (Wildman–Crippen LogP) is 1.53. The fraction of sp³-hybridized carbons (Fsp3) is 0.667. The van der Waals surface area contributed by atoms with Crippen molar-refractivity contribution in [3.63, 3.8) is 0 Å². The fourth-order valence-electron chi connectivity index (χ4n) is 2.20. The van der Waals surface area contributed by atoms with E-state index in [0.717, 1.165) is 11.5 Å². The van der Waals surface area contributed by atoms with Gasteiger partial charge in [-0.15, -0.1) is 0 Å². The van der Waals surface area contributed by atoms with Crippen LogP contribution in [0.2, 0.25) is 0 Å². The van der Waals surface area contributed by atoms with Crippen molar-refractivity contribution < 1.29 is 9.13 Å². The molecule has 2 atom stereocenters. The molecule has 1 saturated carbocycles. The molecular weight excluding hydrogens is 221 g/mol. The quantitative estimate of drug-likeness (QED) is 0.799. The lowest BCUT2D eigenvalue weighted by Crippen LogP contribution is -2.39. The molecule has 3 rings (SSSR count). The zero-order valence-corrected chi connectivity index (χ0v) is 9.84. The Morgan fingerprint density at radius 2 is 2.18 bits per heavy atom. The molecule has 2 fully saturated rings. The molecule has 2 heterocycles. The minimum absolute atomic E-state index is 0.190. The average molecular weight is 237 g/mol. The molecule has 1 aliphatic carbocycles. The molecule has 0 N–H and O–H groups in total. The minimum Gasteiger partial charge on any atom is -0.376 e. The second kappa shape index (κ2) is 4.22. The molecule has 1 aliphatic heterocycles. The molecule has 0 spiro atoms. The Kier molecular flexibility index (Phi) is 2.70. The molecule has 17 heavy (non-hydrogen) atoms. The topological polar surface area (TPSA) is 38.2 Å². The first-order valence-electron chi connectivity index (χ1n) is 6.02. The first-order chi connectivity index (χ1) is 8.25. The number of likely N-dealkylation sites (N-methyl/N-ethyl adjacent to an activating group) is 1. The number of nitrogens with zero attached hydrogens (tertiary/aromatic N) is 3. The number of hydrogen-bond acceptors (Lipinski definition) is 4. The Morgan fingerprint density at radius 1 is 1.35 bits per heavy atom. The molecule has 0 bridgehead atoms. The van der Waals surface area contributed by atoms with Crippen LogP contribution in [0.4, 0.5) is 10.2 Å². The number of aromatic nitrogens is 2. The lowest BCUT2D eigenvalue weighted by Gasteiger charge is -2.25.